The van der Waals surface area contributed by atoms with E-state index in [1.165, 1.54) is 23.5 Å². The molecule has 1 N–H and O–H groups in total. The lowest BCUT2D eigenvalue weighted by Crippen LogP contribution is -2.41. The summed E-state index contributed by atoms with van der Waals surface area (Å²) in [4.78, 5) is 11.8. The molecule has 2 heterocycles. The van der Waals surface area contributed by atoms with Gasteiger partial charge in [-0.1, -0.05) is 12.1 Å². The number of carbonyl (C=O) groups is 1. The molecule has 0 radical (unpaired) electrons. The Balaban J connectivity index is 1.38. The predicted molar refractivity (Wildman–Crippen MR) is 97.8 cm³/mol. The summed E-state index contributed by atoms with van der Waals surface area (Å²) < 4.78 is 16.8. The number of benzene rings is 1. The van der Waals surface area contributed by atoms with E-state index in [2.05, 4.69) is 17.4 Å². The minimum Gasteiger partial charge on any atom is -0.484 e. The smallest absolute Gasteiger partial charge is 0.258 e. The molecular formula is C17H23NO4S2. The van der Waals surface area contributed by atoms with E-state index in [1.54, 1.807) is 0 Å². The normalized spacial score (nSPS) is 22.1. The van der Waals surface area contributed by atoms with Gasteiger partial charge in [-0.15, -0.1) is 23.5 Å². The number of hydrogen-bond acceptors (Lipinski definition) is 6. The first-order valence-electron chi connectivity index (χ1n) is 8.23. The van der Waals surface area contributed by atoms with Crippen LogP contribution in [-0.2, 0) is 14.3 Å². The number of nitrogens with one attached hydrogen (secondary N) is 1. The van der Waals surface area contributed by atoms with Crippen molar-refractivity contribution in [1.29, 1.82) is 0 Å². The Morgan fingerprint density at radius 1 is 1.21 bits per heavy atom. The quantitative estimate of drug-likeness (QED) is 0.831. The molecular weight excluding hydrogens is 346 g/mol. The lowest BCUT2D eigenvalue weighted by molar-refractivity contribution is -0.125. The molecule has 0 spiro atoms. The van der Waals surface area contributed by atoms with Crippen molar-refractivity contribution in [2.45, 2.75) is 17.1 Å². The van der Waals surface area contributed by atoms with Crippen molar-refractivity contribution in [1.82, 2.24) is 5.32 Å². The maximum Gasteiger partial charge on any atom is 0.258 e. The van der Waals surface area contributed by atoms with Crippen molar-refractivity contribution in [2.75, 3.05) is 44.5 Å². The number of rotatable bonds is 6. The molecule has 2 aliphatic rings. The molecule has 2 saturated heterocycles. The van der Waals surface area contributed by atoms with Gasteiger partial charge in [-0.25, -0.2) is 0 Å². The van der Waals surface area contributed by atoms with Gasteiger partial charge in [0.05, 0.1) is 30.5 Å². The third-order valence-electron chi connectivity index (χ3n) is 3.76. The summed E-state index contributed by atoms with van der Waals surface area (Å²) in [5, 5.41) is 2.81. The number of ether oxygens (including phenoxy) is 3. The molecule has 7 heteroatoms. The highest BCUT2D eigenvalue weighted by atomic mass is 32.2. The number of thioether (sulfide) groups is 2. The molecule has 132 valence electrons. The van der Waals surface area contributed by atoms with Gasteiger partial charge in [0.15, 0.2) is 6.61 Å². The van der Waals surface area contributed by atoms with Crippen molar-refractivity contribution < 1.29 is 19.0 Å². The first-order valence-corrected chi connectivity index (χ1v) is 10.3. The van der Waals surface area contributed by atoms with Gasteiger partial charge < -0.3 is 19.5 Å². The fourth-order valence-electron chi connectivity index (χ4n) is 2.48. The Morgan fingerprint density at radius 3 is 2.71 bits per heavy atom. The summed E-state index contributed by atoms with van der Waals surface area (Å²) in [6.07, 6.45) is 1.23. The molecule has 3 rings (SSSR count). The third kappa shape index (κ3) is 5.58. The molecule has 5 nitrogen and oxygen atoms in total. The Kier molecular flexibility index (Phi) is 7.13. The zero-order chi connectivity index (χ0) is 16.6. The summed E-state index contributed by atoms with van der Waals surface area (Å²) in [5.74, 6) is 3.03. The first-order chi connectivity index (χ1) is 11.8. The Morgan fingerprint density at radius 2 is 2.00 bits per heavy atom. The molecule has 0 saturated carbocycles. The molecule has 2 fully saturated rings. The fourth-order valence-corrected chi connectivity index (χ4v) is 5.38. The van der Waals surface area contributed by atoms with E-state index < -0.39 is 0 Å². The van der Waals surface area contributed by atoms with Crippen molar-refractivity contribution in [3.63, 3.8) is 0 Å². The van der Waals surface area contributed by atoms with Crippen LogP contribution in [0.15, 0.2) is 24.3 Å². The maximum atomic E-state index is 11.8. The molecule has 24 heavy (non-hydrogen) atoms. The van der Waals surface area contributed by atoms with E-state index in [-0.39, 0.29) is 18.6 Å². The lowest BCUT2D eigenvalue weighted by atomic mass is 10.2. The van der Waals surface area contributed by atoms with Crippen LogP contribution in [0, 0.1) is 0 Å². The minimum absolute atomic E-state index is 0.0137. The van der Waals surface area contributed by atoms with Crippen molar-refractivity contribution in [3.8, 4) is 5.75 Å². The zero-order valence-corrected chi connectivity index (χ0v) is 15.2. The average Bonchev–Trinajstić information content (AvgIpc) is 2.67. The minimum atomic E-state index is -0.147. The molecule has 1 aromatic rings. The van der Waals surface area contributed by atoms with E-state index in [0.29, 0.717) is 30.9 Å². The van der Waals surface area contributed by atoms with Gasteiger partial charge in [-0.2, -0.15) is 0 Å². The molecule has 1 aromatic carbocycles. The summed E-state index contributed by atoms with van der Waals surface area (Å²) in [5.41, 5.74) is 1.32. The van der Waals surface area contributed by atoms with Crippen LogP contribution in [0.2, 0.25) is 0 Å². The van der Waals surface area contributed by atoms with Gasteiger partial charge in [-0.3, -0.25) is 4.79 Å². The Bertz CT molecular complexity index is 514. The number of amides is 1. The van der Waals surface area contributed by atoms with E-state index in [1.807, 2.05) is 35.7 Å². The molecule has 0 aliphatic carbocycles. The monoisotopic (exact) mass is 369 g/mol. The predicted octanol–water partition coefficient (Wildman–Crippen LogP) is 2.47. The van der Waals surface area contributed by atoms with Crippen molar-refractivity contribution >= 4 is 29.4 Å². The van der Waals surface area contributed by atoms with Crippen LogP contribution >= 0.6 is 23.5 Å². The summed E-state index contributed by atoms with van der Waals surface area (Å²) in [7, 11) is 0. The highest BCUT2D eigenvalue weighted by Crippen LogP contribution is 2.43. The second-order valence-electron chi connectivity index (χ2n) is 5.66. The molecule has 1 amide bonds. The average molecular weight is 370 g/mol. The van der Waals surface area contributed by atoms with Crippen LogP contribution in [0.5, 0.6) is 5.75 Å². The highest BCUT2D eigenvalue weighted by Gasteiger charge is 2.17. The van der Waals surface area contributed by atoms with Crippen LogP contribution in [-0.4, -0.2) is 56.5 Å². The zero-order valence-electron chi connectivity index (χ0n) is 13.6. The van der Waals surface area contributed by atoms with E-state index in [4.69, 9.17) is 14.2 Å². The molecule has 1 unspecified atom stereocenters. The van der Waals surface area contributed by atoms with Crippen LogP contribution < -0.4 is 10.1 Å². The maximum absolute atomic E-state index is 11.8. The van der Waals surface area contributed by atoms with Gasteiger partial charge >= 0.3 is 0 Å². The highest BCUT2D eigenvalue weighted by molar-refractivity contribution is 8.16. The standard InChI is InChI=1S/C17H23NO4S2/c19-16(18-10-15-11-20-6-7-21-15)12-22-14-4-2-13(3-5-14)17-23-8-1-9-24-17/h2-5,15,17H,1,6-12H2,(H,18,19). The van der Waals surface area contributed by atoms with Gasteiger partial charge in [0, 0.05) is 6.54 Å². The van der Waals surface area contributed by atoms with Crippen LogP contribution in [0.1, 0.15) is 16.6 Å². The number of carbonyl (C=O) groups excluding carboxylic acids is 1. The topological polar surface area (TPSA) is 56.8 Å². The lowest BCUT2D eigenvalue weighted by Gasteiger charge is -2.23. The Labute approximate surface area is 151 Å². The van der Waals surface area contributed by atoms with Gasteiger partial charge in [0.2, 0.25) is 0 Å². The first kappa shape index (κ1) is 17.9. The molecule has 0 bridgehead atoms. The summed E-state index contributed by atoms with van der Waals surface area (Å²) >= 11 is 3.99. The van der Waals surface area contributed by atoms with E-state index in [0.717, 1.165) is 5.75 Å². The second kappa shape index (κ2) is 9.56. The number of hydrogen-bond donors (Lipinski definition) is 1. The van der Waals surface area contributed by atoms with E-state index in [9.17, 15) is 4.79 Å². The van der Waals surface area contributed by atoms with Gasteiger partial charge in [0.1, 0.15) is 5.75 Å². The van der Waals surface area contributed by atoms with E-state index >= 15 is 0 Å². The van der Waals surface area contributed by atoms with Gasteiger partial charge in [-0.05, 0) is 35.6 Å². The third-order valence-corrected chi connectivity index (χ3v) is 6.78. The van der Waals surface area contributed by atoms with Crippen LogP contribution in [0.25, 0.3) is 0 Å². The summed E-state index contributed by atoms with van der Waals surface area (Å²) in [6.45, 7) is 2.21. The second-order valence-corrected chi connectivity index (χ2v) is 8.38. The SMILES string of the molecule is O=C(COc1ccc(C2SCCCS2)cc1)NCC1COCCO1. The van der Waals surface area contributed by atoms with Crippen LogP contribution in [0.4, 0.5) is 0 Å². The largest absolute Gasteiger partial charge is 0.484 e. The summed E-state index contributed by atoms with van der Waals surface area (Å²) in [6, 6.07) is 8.07. The fraction of sp³-hybridized carbons (Fsp3) is 0.588. The van der Waals surface area contributed by atoms with Gasteiger partial charge in [0.25, 0.3) is 5.91 Å². The van der Waals surface area contributed by atoms with Crippen molar-refractivity contribution in [2.24, 2.45) is 0 Å². The van der Waals surface area contributed by atoms with Crippen LogP contribution in [0.3, 0.4) is 0 Å². The Hall–Kier alpha value is -0.890. The molecule has 2 aliphatic heterocycles. The molecule has 1 atom stereocenters. The molecule has 0 aromatic heterocycles. The van der Waals surface area contributed by atoms with Crippen molar-refractivity contribution in [3.05, 3.63) is 29.8 Å².